The third-order valence-electron chi connectivity index (χ3n) is 2.58. The maximum absolute atomic E-state index is 10.9. The lowest BCUT2D eigenvalue weighted by Gasteiger charge is -2.13. The summed E-state index contributed by atoms with van der Waals surface area (Å²) < 4.78 is 1.71. The van der Waals surface area contributed by atoms with Gasteiger partial charge in [0.2, 0.25) is 5.95 Å². The number of carboxylic acids is 1. The number of nitrogens with zero attached hydrogens (tertiary/aromatic N) is 3. The van der Waals surface area contributed by atoms with Crippen LogP contribution >= 0.6 is 0 Å². The number of anilines is 1. The summed E-state index contributed by atoms with van der Waals surface area (Å²) in [7, 11) is 3.71. The second-order valence-electron chi connectivity index (χ2n) is 4.28. The first-order chi connectivity index (χ1) is 7.99. The zero-order chi connectivity index (χ0) is 12.6. The van der Waals surface area contributed by atoms with Crippen LogP contribution in [0.2, 0.25) is 0 Å². The van der Waals surface area contributed by atoms with Crippen LogP contribution in [0, 0.1) is 6.92 Å². The van der Waals surface area contributed by atoms with Gasteiger partial charge in [0.05, 0.1) is 11.0 Å². The van der Waals surface area contributed by atoms with Gasteiger partial charge in [0.15, 0.2) is 0 Å². The molecule has 0 aliphatic heterocycles. The fourth-order valence-electron chi connectivity index (χ4n) is 1.86. The van der Waals surface area contributed by atoms with Gasteiger partial charge in [0.25, 0.3) is 0 Å². The van der Waals surface area contributed by atoms with Gasteiger partial charge in [-0.25, -0.2) is 4.98 Å². The maximum Gasteiger partial charge on any atom is 0.323 e. The fraction of sp³-hybridized carbons (Fsp3) is 0.333. The highest BCUT2D eigenvalue weighted by Gasteiger charge is 2.14. The first kappa shape index (κ1) is 11.4. The first-order valence-corrected chi connectivity index (χ1v) is 5.35. The van der Waals surface area contributed by atoms with Gasteiger partial charge >= 0.3 is 5.97 Å². The minimum atomic E-state index is -0.868. The van der Waals surface area contributed by atoms with Gasteiger partial charge in [-0.05, 0) is 24.6 Å². The van der Waals surface area contributed by atoms with E-state index >= 15 is 0 Å². The molecule has 1 heterocycles. The molecule has 5 heteroatoms. The topological polar surface area (TPSA) is 58.4 Å². The molecule has 1 N–H and O–H groups in total. The van der Waals surface area contributed by atoms with Crippen LogP contribution in [-0.2, 0) is 11.3 Å². The number of benzene rings is 1. The molecular weight excluding hydrogens is 218 g/mol. The molecule has 1 aromatic heterocycles. The smallest absolute Gasteiger partial charge is 0.323 e. The molecule has 1 aromatic carbocycles. The van der Waals surface area contributed by atoms with Crippen molar-refractivity contribution in [3.05, 3.63) is 23.8 Å². The lowest BCUT2D eigenvalue weighted by atomic mass is 10.2. The average Bonchev–Trinajstić information content (AvgIpc) is 2.55. The van der Waals surface area contributed by atoms with E-state index in [2.05, 4.69) is 4.98 Å². The zero-order valence-corrected chi connectivity index (χ0v) is 10.1. The minimum Gasteiger partial charge on any atom is -0.480 e. The third-order valence-corrected chi connectivity index (χ3v) is 2.58. The van der Waals surface area contributed by atoms with Gasteiger partial charge in [-0.3, -0.25) is 9.36 Å². The highest BCUT2D eigenvalue weighted by Crippen LogP contribution is 2.22. The molecule has 0 bridgehead atoms. The van der Waals surface area contributed by atoms with Crippen molar-refractivity contribution in [2.75, 3.05) is 19.0 Å². The molecule has 0 radical (unpaired) electrons. The second kappa shape index (κ2) is 4.08. The largest absolute Gasteiger partial charge is 0.480 e. The molecule has 2 rings (SSSR count). The molecule has 90 valence electrons. The summed E-state index contributed by atoms with van der Waals surface area (Å²) in [5, 5.41) is 8.94. The van der Waals surface area contributed by atoms with Crippen LogP contribution in [0.5, 0.6) is 0 Å². The number of carboxylic acid groups (broad SMARTS) is 1. The summed E-state index contributed by atoms with van der Waals surface area (Å²) in [6, 6.07) is 5.83. The summed E-state index contributed by atoms with van der Waals surface area (Å²) in [5.41, 5.74) is 2.79. The summed E-state index contributed by atoms with van der Waals surface area (Å²) in [5.74, 6) is -0.207. The van der Waals surface area contributed by atoms with E-state index in [1.807, 2.05) is 44.1 Å². The number of aryl methyl sites for hydroxylation is 1. The number of hydrogen-bond donors (Lipinski definition) is 1. The maximum atomic E-state index is 10.9. The molecule has 0 saturated heterocycles. The second-order valence-corrected chi connectivity index (χ2v) is 4.28. The van der Waals surface area contributed by atoms with Crippen molar-refractivity contribution in [2.45, 2.75) is 13.5 Å². The summed E-state index contributed by atoms with van der Waals surface area (Å²) >= 11 is 0. The van der Waals surface area contributed by atoms with Crippen LogP contribution in [0.15, 0.2) is 18.2 Å². The van der Waals surface area contributed by atoms with Gasteiger partial charge < -0.3 is 10.0 Å². The van der Waals surface area contributed by atoms with Crippen LogP contribution < -0.4 is 4.90 Å². The van der Waals surface area contributed by atoms with Gasteiger partial charge in [0, 0.05) is 14.1 Å². The predicted molar refractivity (Wildman–Crippen MR) is 66.4 cm³/mol. The number of aromatic nitrogens is 2. The number of rotatable bonds is 3. The van der Waals surface area contributed by atoms with E-state index in [-0.39, 0.29) is 6.54 Å². The molecule has 0 atom stereocenters. The number of fused-ring (bicyclic) bond motifs is 1. The van der Waals surface area contributed by atoms with Crippen LogP contribution in [0.4, 0.5) is 5.95 Å². The van der Waals surface area contributed by atoms with Crippen molar-refractivity contribution >= 4 is 23.0 Å². The van der Waals surface area contributed by atoms with E-state index in [0.717, 1.165) is 16.6 Å². The Labute approximate surface area is 99.3 Å². The standard InChI is InChI=1S/C12H15N3O2/c1-8-4-5-10-9(6-8)13-12(14(2)3)15(10)7-11(16)17/h4-6H,7H2,1-3H3,(H,16,17). The highest BCUT2D eigenvalue weighted by atomic mass is 16.4. The van der Waals surface area contributed by atoms with E-state index in [9.17, 15) is 4.79 Å². The van der Waals surface area contributed by atoms with Gasteiger partial charge in [-0.1, -0.05) is 6.07 Å². The molecule has 0 aliphatic carbocycles. The van der Waals surface area contributed by atoms with Crippen molar-refractivity contribution < 1.29 is 9.90 Å². The van der Waals surface area contributed by atoms with E-state index in [1.165, 1.54) is 0 Å². The summed E-state index contributed by atoms with van der Waals surface area (Å²) in [6.45, 7) is 1.91. The molecule has 0 aliphatic rings. The van der Waals surface area contributed by atoms with Gasteiger partial charge in [-0.15, -0.1) is 0 Å². The SMILES string of the molecule is Cc1ccc2c(c1)nc(N(C)C)n2CC(=O)O. The van der Waals surface area contributed by atoms with E-state index in [1.54, 1.807) is 4.57 Å². The Balaban J connectivity index is 2.66. The lowest BCUT2D eigenvalue weighted by Crippen LogP contribution is -2.18. The summed E-state index contributed by atoms with van der Waals surface area (Å²) in [4.78, 5) is 17.2. The summed E-state index contributed by atoms with van der Waals surface area (Å²) in [6.07, 6.45) is 0. The molecule has 0 fully saturated rings. The Morgan fingerprint density at radius 1 is 1.47 bits per heavy atom. The van der Waals surface area contributed by atoms with E-state index < -0.39 is 5.97 Å². The van der Waals surface area contributed by atoms with Crippen molar-refractivity contribution in [2.24, 2.45) is 0 Å². The van der Waals surface area contributed by atoms with Crippen molar-refractivity contribution in [1.82, 2.24) is 9.55 Å². The lowest BCUT2D eigenvalue weighted by molar-refractivity contribution is -0.137. The Morgan fingerprint density at radius 3 is 2.76 bits per heavy atom. The number of aliphatic carboxylic acids is 1. The molecule has 0 saturated carbocycles. The number of carbonyl (C=O) groups is 1. The molecule has 0 unspecified atom stereocenters. The predicted octanol–water partition coefficient (Wildman–Crippen LogP) is 1.50. The molecule has 0 spiro atoms. The molecule has 2 aromatic rings. The van der Waals surface area contributed by atoms with Gasteiger partial charge in [-0.2, -0.15) is 0 Å². The van der Waals surface area contributed by atoms with Crippen LogP contribution in [0.3, 0.4) is 0 Å². The monoisotopic (exact) mass is 233 g/mol. The fourth-order valence-corrected chi connectivity index (χ4v) is 1.86. The zero-order valence-electron chi connectivity index (χ0n) is 10.1. The van der Waals surface area contributed by atoms with Crippen molar-refractivity contribution in [3.63, 3.8) is 0 Å². The van der Waals surface area contributed by atoms with Crippen LogP contribution in [0.1, 0.15) is 5.56 Å². The minimum absolute atomic E-state index is 0.0763. The molecule has 5 nitrogen and oxygen atoms in total. The van der Waals surface area contributed by atoms with Crippen molar-refractivity contribution in [1.29, 1.82) is 0 Å². The Bertz CT molecular complexity index is 572. The van der Waals surface area contributed by atoms with Crippen LogP contribution in [0.25, 0.3) is 11.0 Å². The van der Waals surface area contributed by atoms with E-state index in [0.29, 0.717) is 5.95 Å². The Morgan fingerprint density at radius 2 is 2.18 bits per heavy atom. The highest BCUT2D eigenvalue weighted by molar-refractivity contribution is 5.81. The molecule has 0 amide bonds. The number of imidazole rings is 1. The molecular formula is C12H15N3O2. The average molecular weight is 233 g/mol. The number of hydrogen-bond acceptors (Lipinski definition) is 3. The van der Waals surface area contributed by atoms with E-state index in [4.69, 9.17) is 5.11 Å². The van der Waals surface area contributed by atoms with Crippen molar-refractivity contribution in [3.8, 4) is 0 Å². The van der Waals surface area contributed by atoms with Gasteiger partial charge in [0.1, 0.15) is 6.54 Å². The Hall–Kier alpha value is -2.04. The Kier molecular flexibility index (Phi) is 2.75. The third kappa shape index (κ3) is 2.08. The quantitative estimate of drug-likeness (QED) is 0.872. The van der Waals surface area contributed by atoms with Crippen LogP contribution in [-0.4, -0.2) is 34.7 Å². The first-order valence-electron chi connectivity index (χ1n) is 5.35. The molecule has 17 heavy (non-hydrogen) atoms. The normalized spacial score (nSPS) is 10.8.